The van der Waals surface area contributed by atoms with Gasteiger partial charge < -0.3 is 9.84 Å². The van der Waals surface area contributed by atoms with Crippen LogP contribution in [-0.4, -0.2) is 28.6 Å². The molecule has 2 aliphatic carbocycles. The smallest absolute Gasteiger partial charge is 0.334 e. The van der Waals surface area contributed by atoms with Gasteiger partial charge in [0.2, 0.25) is 0 Å². The van der Waals surface area contributed by atoms with Crippen LogP contribution in [0, 0.1) is 17.8 Å². The second-order valence-electron chi connectivity index (χ2n) is 6.51. The van der Waals surface area contributed by atoms with Crippen LogP contribution >= 0.6 is 0 Å². The zero-order valence-corrected chi connectivity index (χ0v) is 12.1. The number of hydrogen-bond acceptors (Lipinski definition) is 4. The highest BCUT2D eigenvalue weighted by atomic mass is 16.6. The Hall–Kier alpha value is -1.42. The summed E-state index contributed by atoms with van der Waals surface area (Å²) in [5.41, 5.74) is 0.561. The van der Waals surface area contributed by atoms with E-state index in [0.29, 0.717) is 18.4 Å². The zero-order chi connectivity index (χ0) is 14.7. The summed E-state index contributed by atoms with van der Waals surface area (Å²) in [6.45, 7) is 5.72. The molecule has 3 rings (SSSR count). The number of fused-ring (bicyclic) bond motifs is 2. The number of carbonyl (C=O) groups excluding carboxylic acids is 2. The van der Waals surface area contributed by atoms with E-state index in [-0.39, 0.29) is 29.7 Å². The molecule has 108 valence electrons. The fourth-order valence-electron chi connectivity index (χ4n) is 3.96. The van der Waals surface area contributed by atoms with Gasteiger partial charge >= 0.3 is 5.97 Å². The molecule has 5 atom stereocenters. The molecule has 0 aromatic carbocycles. The molecule has 0 aromatic heterocycles. The maximum absolute atomic E-state index is 12.1. The van der Waals surface area contributed by atoms with E-state index >= 15 is 0 Å². The van der Waals surface area contributed by atoms with E-state index in [4.69, 9.17) is 4.74 Å². The van der Waals surface area contributed by atoms with Gasteiger partial charge in [-0.1, -0.05) is 12.5 Å². The van der Waals surface area contributed by atoms with E-state index in [1.165, 1.54) is 6.08 Å². The molecule has 0 spiro atoms. The summed E-state index contributed by atoms with van der Waals surface area (Å²) in [7, 11) is 0. The minimum absolute atomic E-state index is 0.0348. The predicted molar refractivity (Wildman–Crippen MR) is 72.7 cm³/mol. The van der Waals surface area contributed by atoms with Crippen molar-refractivity contribution in [2.75, 3.05) is 0 Å². The Labute approximate surface area is 118 Å². The van der Waals surface area contributed by atoms with Crippen molar-refractivity contribution in [3.05, 3.63) is 23.3 Å². The molecule has 0 unspecified atom stereocenters. The van der Waals surface area contributed by atoms with Crippen LogP contribution in [0.3, 0.4) is 0 Å². The summed E-state index contributed by atoms with van der Waals surface area (Å²) < 4.78 is 5.49. The summed E-state index contributed by atoms with van der Waals surface area (Å²) in [5, 5.41) is 10.8. The van der Waals surface area contributed by atoms with Gasteiger partial charge in [-0.15, -0.1) is 0 Å². The molecular formula is C16H20O4. The molecule has 1 N–H and O–H groups in total. The van der Waals surface area contributed by atoms with E-state index < -0.39 is 11.5 Å². The summed E-state index contributed by atoms with van der Waals surface area (Å²) in [5.74, 6) is -0.910. The molecule has 20 heavy (non-hydrogen) atoms. The number of carbonyl (C=O) groups is 2. The Morgan fingerprint density at radius 1 is 1.35 bits per heavy atom. The average Bonchev–Trinajstić information content (AvgIpc) is 2.79. The lowest BCUT2D eigenvalue weighted by atomic mass is 9.77. The van der Waals surface area contributed by atoms with Crippen molar-refractivity contribution in [2.24, 2.45) is 17.8 Å². The Morgan fingerprint density at radius 2 is 2.05 bits per heavy atom. The van der Waals surface area contributed by atoms with Crippen LogP contribution in [0.2, 0.25) is 0 Å². The molecule has 2 fully saturated rings. The van der Waals surface area contributed by atoms with E-state index in [9.17, 15) is 14.7 Å². The van der Waals surface area contributed by atoms with Gasteiger partial charge in [-0.3, -0.25) is 4.79 Å². The molecule has 3 aliphatic rings. The van der Waals surface area contributed by atoms with Gasteiger partial charge in [0.05, 0.1) is 11.5 Å². The summed E-state index contributed by atoms with van der Waals surface area (Å²) in [6, 6.07) is 0. The molecular weight excluding hydrogens is 256 g/mol. The summed E-state index contributed by atoms with van der Waals surface area (Å²) in [6.07, 6.45) is 4.00. The van der Waals surface area contributed by atoms with Crippen molar-refractivity contribution >= 4 is 11.8 Å². The first-order valence-corrected chi connectivity index (χ1v) is 7.18. The number of esters is 1. The first-order chi connectivity index (χ1) is 9.34. The Bertz CT molecular complexity index is 541. The van der Waals surface area contributed by atoms with Gasteiger partial charge in [0.15, 0.2) is 5.78 Å². The first kappa shape index (κ1) is 13.6. The van der Waals surface area contributed by atoms with Gasteiger partial charge in [-0.25, -0.2) is 4.79 Å². The fourth-order valence-corrected chi connectivity index (χ4v) is 3.96. The topological polar surface area (TPSA) is 63.6 Å². The van der Waals surface area contributed by atoms with Crippen LogP contribution in [0.25, 0.3) is 0 Å². The van der Waals surface area contributed by atoms with Crippen LogP contribution in [0.15, 0.2) is 23.3 Å². The molecule has 1 aliphatic heterocycles. The van der Waals surface area contributed by atoms with Gasteiger partial charge in [0.1, 0.15) is 6.10 Å². The number of ether oxygens (including phenoxy) is 1. The van der Waals surface area contributed by atoms with Crippen LogP contribution < -0.4 is 0 Å². The molecule has 0 aromatic rings. The molecule has 0 radical (unpaired) electrons. The highest BCUT2D eigenvalue weighted by Gasteiger charge is 2.55. The van der Waals surface area contributed by atoms with Crippen molar-refractivity contribution in [1.29, 1.82) is 0 Å². The molecule has 0 bridgehead atoms. The third kappa shape index (κ3) is 1.71. The Balaban J connectivity index is 2.02. The Morgan fingerprint density at radius 3 is 2.70 bits per heavy atom. The number of aliphatic hydroxyl groups is 1. The maximum atomic E-state index is 12.1. The molecule has 4 nitrogen and oxygen atoms in total. The van der Waals surface area contributed by atoms with Crippen molar-refractivity contribution in [1.82, 2.24) is 0 Å². The van der Waals surface area contributed by atoms with Crippen LogP contribution in [-0.2, 0) is 14.3 Å². The lowest BCUT2D eigenvalue weighted by Crippen LogP contribution is -2.41. The van der Waals surface area contributed by atoms with Crippen molar-refractivity contribution in [3.63, 3.8) is 0 Å². The normalized spacial score (nSPS) is 43.1. The minimum atomic E-state index is -1.08. The second-order valence-corrected chi connectivity index (χ2v) is 6.51. The standard InChI is InChI=1S/C16H20O4/c1-8(2)14-10-7-11-12(17)4-5-16(11,19)9(3)6-13(10)20-15(14)18/h4-5,9-11,13,19H,6-7H2,1-3H3/t9-,10+,11+,13-,16-/m1/s1. The molecule has 0 amide bonds. The molecule has 1 saturated carbocycles. The number of hydrogen-bond donors (Lipinski definition) is 1. The highest BCUT2D eigenvalue weighted by Crippen LogP contribution is 2.49. The van der Waals surface area contributed by atoms with Crippen molar-refractivity contribution < 1.29 is 19.4 Å². The predicted octanol–water partition coefficient (Wildman–Crippen LogP) is 1.78. The maximum Gasteiger partial charge on any atom is 0.334 e. The van der Waals surface area contributed by atoms with E-state index in [2.05, 4.69) is 0 Å². The van der Waals surface area contributed by atoms with Crippen LogP contribution in [0.5, 0.6) is 0 Å². The van der Waals surface area contributed by atoms with E-state index in [1.54, 1.807) is 6.08 Å². The first-order valence-electron chi connectivity index (χ1n) is 7.18. The number of ketones is 1. The van der Waals surface area contributed by atoms with Crippen molar-refractivity contribution in [2.45, 2.75) is 45.3 Å². The van der Waals surface area contributed by atoms with Crippen molar-refractivity contribution in [3.8, 4) is 0 Å². The lowest BCUT2D eigenvalue weighted by Gasteiger charge is -2.32. The van der Waals surface area contributed by atoms with Crippen LogP contribution in [0.4, 0.5) is 0 Å². The van der Waals surface area contributed by atoms with Gasteiger partial charge in [0, 0.05) is 11.5 Å². The second kappa shape index (κ2) is 4.29. The summed E-state index contributed by atoms with van der Waals surface area (Å²) in [4.78, 5) is 24.1. The highest BCUT2D eigenvalue weighted by molar-refractivity contribution is 5.97. The minimum Gasteiger partial charge on any atom is -0.458 e. The number of allylic oxidation sites excluding steroid dienone is 2. The molecule has 1 saturated heterocycles. The van der Waals surface area contributed by atoms with Gasteiger partial charge in [0.25, 0.3) is 0 Å². The van der Waals surface area contributed by atoms with E-state index in [1.807, 2.05) is 20.8 Å². The SMILES string of the molecule is CC(C)=C1C(=O)O[C@@H]2C[C@@H](C)[C@]3(O)C=CC(=O)[C@@H]3C[C@H]12. The monoisotopic (exact) mass is 276 g/mol. The van der Waals surface area contributed by atoms with Gasteiger partial charge in [-0.05, 0) is 44.8 Å². The largest absolute Gasteiger partial charge is 0.458 e. The Kier molecular flexibility index (Phi) is 2.91. The molecule has 4 heteroatoms. The third-order valence-electron chi connectivity index (χ3n) is 5.12. The van der Waals surface area contributed by atoms with Gasteiger partial charge in [-0.2, -0.15) is 0 Å². The fraction of sp³-hybridized carbons (Fsp3) is 0.625. The number of rotatable bonds is 0. The zero-order valence-electron chi connectivity index (χ0n) is 12.1. The van der Waals surface area contributed by atoms with E-state index in [0.717, 1.165) is 5.57 Å². The summed E-state index contributed by atoms with van der Waals surface area (Å²) >= 11 is 0. The average molecular weight is 276 g/mol. The lowest BCUT2D eigenvalue weighted by molar-refractivity contribution is -0.140. The third-order valence-corrected chi connectivity index (χ3v) is 5.12. The van der Waals surface area contributed by atoms with Crippen LogP contribution in [0.1, 0.15) is 33.6 Å². The quantitative estimate of drug-likeness (QED) is 0.541. The molecule has 1 heterocycles.